The summed E-state index contributed by atoms with van der Waals surface area (Å²) in [5, 5.41) is 33.6. The van der Waals surface area contributed by atoms with Gasteiger partial charge in [-0.15, -0.1) is 0 Å². The minimum atomic E-state index is -1.98. The number of hydrogen-bond donors (Lipinski definition) is 4. The van der Waals surface area contributed by atoms with Crippen LogP contribution < -0.4 is 10.6 Å². The summed E-state index contributed by atoms with van der Waals surface area (Å²) in [6, 6.07) is 14.1. The normalized spacial score (nSPS) is 44.0. The molecule has 50 heavy (non-hydrogen) atoms. The number of ketones is 2. The highest BCUT2D eigenvalue weighted by Crippen LogP contribution is 2.78. The molecule has 8 fully saturated rings. The first-order chi connectivity index (χ1) is 23.7. The highest BCUT2D eigenvalue weighted by Gasteiger charge is 2.93. The van der Waals surface area contributed by atoms with Crippen LogP contribution in [0.15, 0.2) is 48.5 Å². The maximum Gasteiger partial charge on any atom is 0.271 e. The fraction of sp³-hybridized carbons (Fsp3) is 0.438. The number of hydrogen-bond acceptors (Lipinski definition) is 14. The molecule has 4 bridgehead atoms. The Labute approximate surface area is 300 Å². The Balaban J connectivity index is 1.34. The van der Waals surface area contributed by atoms with E-state index in [0.29, 0.717) is 22.5 Å². The van der Waals surface area contributed by atoms with Gasteiger partial charge in [0.2, 0.25) is 19.5 Å². The minimum absolute atomic E-state index is 0.455. The Hall–Kier alpha value is -3.42. The van der Waals surface area contributed by atoms with E-state index in [1.54, 1.807) is 48.5 Å². The molecule has 2 spiro atoms. The molecule has 0 unspecified atom stereocenters. The lowest BCUT2D eigenvalue weighted by atomic mass is 9.52. The number of nitrogens with zero attached hydrogens (tertiary/aromatic N) is 4. The number of fused-ring (bicyclic) bond motifs is 11. The summed E-state index contributed by atoms with van der Waals surface area (Å²) in [6.45, 7) is 2.50. The van der Waals surface area contributed by atoms with Gasteiger partial charge < -0.3 is 30.6 Å². The molecule has 8 saturated heterocycles. The topological polar surface area (TPSA) is 180 Å². The predicted octanol–water partition coefficient (Wildman–Crippen LogP) is 0.469. The molecule has 10 heterocycles. The van der Waals surface area contributed by atoms with E-state index >= 15 is 0 Å². The molecule has 18 heteroatoms. The molecule has 0 radical (unpaired) electrons. The summed E-state index contributed by atoms with van der Waals surface area (Å²) in [5.74, 6) is -3.86. The number of para-hydroxylation sites is 2. The molecule has 2 aromatic rings. The molecule has 10 aliphatic heterocycles. The second kappa shape index (κ2) is 8.95. The molecular formula is C32H28N6O8S4. The fourth-order valence-electron chi connectivity index (χ4n) is 10.4. The smallest absolute Gasteiger partial charge is 0.271 e. The number of carbonyl (C=O) groups excluding carboxylic acids is 6. The van der Waals surface area contributed by atoms with Crippen LogP contribution in [0.2, 0.25) is 0 Å². The van der Waals surface area contributed by atoms with Crippen LogP contribution in [0.3, 0.4) is 0 Å². The van der Waals surface area contributed by atoms with Crippen LogP contribution in [0, 0.1) is 0 Å². The predicted molar refractivity (Wildman–Crippen MR) is 185 cm³/mol. The first-order valence-corrected chi connectivity index (χ1v) is 20.1. The molecule has 0 aromatic heterocycles. The van der Waals surface area contributed by atoms with Crippen molar-refractivity contribution in [2.75, 3.05) is 24.7 Å². The largest absolute Gasteiger partial charge is 0.388 e. The summed E-state index contributed by atoms with van der Waals surface area (Å²) in [5.41, 5.74) is -1.77. The van der Waals surface area contributed by atoms with Gasteiger partial charge in [0.1, 0.15) is 24.5 Å². The van der Waals surface area contributed by atoms with Gasteiger partial charge >= 0.3 is 0 Å². The van der Waals surface area contributed by atoms with Gasteiger partial charge in [0.15, 0.2) is 11.6 Å². The lowest BCUT2D eigenvalue weighted by Gasteiger charge is -2.58. The number of anilines is 2. The van der Waals surface area contributed by atoms with Crippen molar-refractivity contribution in [3.63, 3.8) is 0 Å². The number of nitrogens with one attached hydrogen (secondary N) is 2. The van der Waals surface area contributed by atoms with Crippen LogP contribution in [0.4, 0.5) is 11.4 Å². The molecule has 10 aliphatic rings. The molecule has 10 atom stereocenters. The Kier molecular flexibility index (Phi) is 5.61. The van der Waals surface area contributed by atoms with Crippen molar-refractivity contribution in [2.24, 2.45) is 0 Å². The van der Waals surface area contributed by atoms with Crippen molar-refractivity contribution in [3.05, 3.63) is 59.7 Å². The van der Waals surface area contributed by atoms with Crippen LogP contribution in [-0.2, 0) is 39.6 Å². The fourth-order valence-corrected chi connectivity index (χ4v) is 18.1. The highest BCUT2D eigenvalue weighted by atomic mass is 33.1. The Morgan fingerprint density at radius 2 is 0.980 bits per heavy atom. The highest BCUT2D eigenvalue weighted by molar-refractivity contribution is 8.78. The van der Waals surface area contributed by atoms with Gasteiger partial charge in [-0.05, 0) is 80.3 Å². The molecule has 14 nitrogen and oxygen atoms in total. The van der Waals surface area contributed by atoms with Gasteiger partial charge in [0.25, 0.3) is 23.6 Å². The number of amides is 4. The van der Waals surface area contributed by atoms with Crippen LogP contribution in [0.5, 0.6) is 0 Å². The van der Waals surface area contributed by atoms with Gasteiger partial charge in [-0.25, -0.2) is 0 Å². The third-order valence-electron chi connectivity index (χ3n) is 12.4. The van der Waals surface area contributed by atoms with Gasteiger partial charge in [-0.3, -0.25) is 38.6 Å². The van der Waals surface area contributed by atoms with E-state index in [9.17, 15) is 39.0 Å². The van der Waals surface area contributed by atoms with Crippen molar-refractivity contribution >= 4 is 89.7 Å². The Morgan fingerprint density at radius 1 is 0.620 bits per heavy atom. The minimum Gasteiger partial charge on any atom is -0.388 e. The third-order valence-corrected chi connectivity index (χ3v) is 19.7. The quantitative estimate of drug-likeness (QED) is 0.251. The van der Waals surface area contributed by atoms with E-state index in [-0.39, 0.29) is 0 Å². The van der Waals surface area contributed by atoms with E-state index in [1.807, 2.05) is 0 Å². The van der Waals surface area contributed by atoms with Crippen molar-refractivity contribution < 1.29 is 39.0 Å². The zero-order valence-corrected chi connectivity index (χ0v) is 30.0. The summed E-state index contributed by atoms with van der Waals surface area (Å²) < 4.78 is 0. The summed E-state index contributed by atoms with van der Waals surface area (Å²) in [4.78, 5) is 83.0. The number of aliphatic hydroxyl groups is 2. The van der Waals surface area contributed by atoms with E-state index in [2.05, 4.69) is 10.6 Å². The number of piperazine rings is 2. The molecule has 4 amide bonds. The number of aliphatic hydroxyl groups excluding tert-OH is 2. The number of likely N-dealkylation sites (N-methyl/N-ethyl adjacent to an activating group) is 2. The van der Waals surface area contributed by atoms with E-state index < -0.39 is 90.0 Å². The lowest BCUT2D eigenvalue weighted by Crippen LogP contribution is -2.79. The van der Waals surface area contributed by atoms with Crippen LogP contribution in [0.1, 0.15) is 25.0 Å². The first-order valence-electron chi connectivity index (χ1n) is 15.8. The summed E-state index contributed by atoms with van der Waals surface area (Å²) in [7, 11) is 6.44. The van der Waals surface area contributed by atoms with Crippen LogP contribution in [-0.4, -0.2) is 123 Å². The summed E-state index contributed by atoms with van der Waals surface area (Å²) in [6.07, 6.45) is -6.07. The maximum absolute atomic E-state index is 14.9. The van der Waals surface area contributed by atoms with Crippen molar-refractivity contribution in [1.29, 1.82) is 0 Å². The van der Waals surface area contributed by atoms with E-state index in [0.717, 1.165) is 53.0 Å². The first kappa shape index (κ1) is 31.3. The van der Waals surface area contributed by atoms with Gasteiger partial charge in [-0.1, -0.05) is 36.4 Å². The number of rotatable bonds is 3. The standard InChI is InChI=1S/C32H28N6O8S4/c1-13(39)29-25(45)37-21-27(15-9-5-7-11-17(15)33-21,19(41)31(37,49-47-29)23(43)35(29)3)28-16-10-6-8-12-18(16)34-22(28)38-26(46)30(14(2)40)36(4)24(44)32(38,20(28)42)50-48-30/h5-12,19-22,33-34,41-42H,1-4H3/t19-,20-,21+,22+,27+,28+,29-,30-,31-,32-/m0/s1. The molecule has 0 aliphatic carbocycles. The zero-order valence-electron chi connectivity index (χ0n) is 26.7. The van der Waals surface area contributed by atoms with Gasteiger partial charge in [0, 0.05) is 25.5 Å². The van der Waals surface area contributed by atoms with Gasteiger partial charge in [0.05, 0.1) is 10.8 Å². The van der Waals surface area contributed by atoms with Gasteiger partial charge in [-0.2, -0.15) is 0 Å². The Morgan fingerprint density at radius 3 is 1.34 bits per heavy atom. The van der Waals surface area contributed by atoms with Crippen molar-refractivity contribution in [3.8, 4) is 0 Å². The molecular weight excluding hydrogens is 725 g/mol. The average Bonchev–Trinajstić information content (AvgIpc) is 3.74. The van der Waals surface area contributed by atoms with E-state index in [1.165, 1.54) is 37.7 Å². The second-order valence-corrected chi connectivity index (χ2v) is 19.0. The molecule has 4 N–H and O–H groups in total. The molecule has 258 valence electrons. The SMILES string of the molecule is CC(=O)[C@@]12SS[C@]3(C(=O)N1C)[C@@H](O)[C@]1([C@@]45c6ccccc6N[C@@H]4N4C(=O)[C@]6(C(C)=O)SS[C@]4(C(=O)N6C)[C@H]5O)c4ccccc4N[C@@H]1N3C2=O. The summed E-state index contributed by atoms with van der Waals surface area (Å²) >= 11 is 0. The van der Waals surface area contributed by atoms with Crippen molar-refractivity contribution in [1.82, 2.24) is 19.6 Å². The van der Waals surface area contributed by atoms with E-state index in [4.69, 9.17) is 0 Å². The second-order valence-electron chi connectivity index (χ2n) is 13.9. The Bertz CT molecular complexity index is 1960. The lowest BCUT2D eigenvalue weighted by molar-refractivity contribution is -0.170. The zero-order chi connectivity index (χ0) is 35.3. The molecule has 2 aromatic carbocycles. The molecule has 0 saturated carbocycles. The number of benzene rings is 2. The average molecular weight is 753 g/mol. The van der Waals surface area contributed by atoms with Crippen LogP contribution in [0.25, 0.3) is 0 Å². The molecule has 12 rings (SSSR count). The monoisotopic (exact) mass is 752 g/mol. The van der Waals surface area contributed by atoms with Crippen LogP contribution >= 0.6 is 43.2 Å². The maximum atomic E-state index is 14.9. The number of Topliss-reactive ketones (excluding diaryl/α,β-unsaturated/α-hetero) is 2. The van der Waals surface area contributed by atoms with Crippen molar-refractivity contribution in [2.45, 2.75) is 68.7 Å². The number of carbonyl (C=O) groups is 6. The third kappa shape index (κ3) is 2.57.